The van der Waals surface area contributed by atoms with Crippen molar-refractivity contribution in [3.8, 4) is 5.75 Å². The molecule has 0 aliphatic rings. The van der Waals surface area contributed by atoms with E-state index in [1.807, 2.05) is 43.3 Å². The molecule has 0 aliphatic heterocycles. The number of hydrogen-bond acceptors (Lipinski definition) is 3. The molecule has 0 unspecified atom stereocenters. The molecule has 0 spiro atoms. The van der Waals surface area contributed by atoms with Crippen LogP contribution in [0.2, 0.25) is 0 Å². The molecule has 0 aromatic heterocycles. The van der Waals surface area contributed by atoms with Crippen molar-refractivity contribution < 1.29 is 4.74 Å². The summed E-state index contributed by atoms with van der Waals surface area (Å²) in [5.74, 6) is 0.771. The number of anilines is 2. The lowest BCUT2D eigenvalue weighted by molar-refractivity contribution is 0.415. The molecule has 0 bridgehead atoms. The Labute approximate surface area is 132 Å². The van der Waals surface area contributed by atoms with Gasteiger partial charge in [-0.05, 0) is 30.7 Å². The summed E-state index contributed by atoms with van der Waals surface area (Å²) < 4.78 is 6.20. The summed E-state index contributed by atoms with van der Waals surface area (Å²) in [7, 11) is 1.64. The molecule has 0 atom stereocenters. The number of nitrogens with two attached hydrogens (primary N) is 1. The molecule has 2 aromatic rings. The summed E-state index contributed by atoms with van der Waals surface area (Å²) in [6, 6.07) is 11.7. The van der Waals surface area contributed by atoms with E-state index in [-0.39, 0.29) is 0 Å². The molecule has 0 amide bonds. The van der Waals surface area contributed by atoms with Crippen molar-refractivity contribution in [1.82, 2.24) is 0 Å². The number of benzene rings is 2. The van der Waals surface area contributed by atoms with Crippen molar-refractivity contribution >= 4 is 44.5 Å². The molecule has 0 saturated heterocycles. The van der Waals surface area contributed by atoms with Crippen LogP contribution < -0.4 is 15.8 Å². The smallest absolute Gasteiger partial charge is 0.122 e. The summed E-state index contributed by atoms with van der Waals surface area (Å²) in [6.45, 7) is 2.01. The van der Waals surface area contributed by atoms with E-state index in [9.17, 15) is 0 Å². The van der Waals surface area contributed by atoms with Crippen molar-refractivity contribution in [1.29, 1.82) is 0 Å². The van der Waals surface area contributed by atoms with Crippen molar-refractivity contribution in [3.63, 3.8) is 0 Å². The standard InChI is InChI=1S/C15H15BrN2OS/c1-9-4-3-5-13(15(17)20)14(9)18-11-6-10(16)7-12(8-11)19-2/h3-8,18H,1-2H3,(H2,17,20). The maximum absolute atomic E-state index is 5.78. The minimum Gasteiger partial charge on any atom is -0.497 e. The van der Waals surface area contributed by atoms with Gasteiger partial charge in [-0.2, -0.15) is 0 Å². The predicted molar refractivity (Wildman–Crippen MR) is 91.0 cm³/mol. The van der Waals surface area contributed by atoms with Crippen LogP contribution in [-0.4, -0.2) is 12.1 Å². The van der Waals surface area contributed by atoms with Gasteiger partial charge in [-0.15, -0.1) is 0 Å². The average molecular weight is 351 g/mol. The van der Waals surface area contributed by atoms with Crippen LogP contribution >= 0.6 is 28.1 Å². The molecule has 0 radical (unpaired) electrons. The van der Waals surface area contributed by atoms with E-state index < -0.39 is 0 Å². The van der Waals surface area contributed by atoms with Crippen molar-refractivity contribution in [3.05, 3.63) is 52.0 Å². The third kappa shape index (κ3) is 3.29. The van der Waals surface area contributed by atoms with Crippen LogP contribution in [0.5, 0.6) is 5.75 Å². The lowest BCUT2D eigenvalue weighted by atomic mass is 10.1. The number of hydrogen-bond donors (Lipinski definition) is 2. The minimum absolute atomic E-state index is 0.373. The van der Waals surface area contributed by atoms with Crippen molar-refractivity contribution in [2.24, 2.45) is 5.73 Å². The Morgan fingerprint density at radius 3 is 2.70 bits per heavy atom. The van der Waals surface area contributed by atoms with E-state index in [0.29, 0.717) is 4.99 Å². The summed E-state index contributed by atoms with van der Waals surface area (Å²) >= 11 is 8.57. The molecule has 0 aliphatic carbocycles. The zero-order chi connectivity index (χ0) is 14.7. The van der Waals surface area contributed by atoms with Crippen LogP contribution in [0.1, 0.15) is 11.1 Å². The van der Waals surface area contributed by atoms with E-state index in [4.69, 9.17) is 22.7 Å². The first-order valence-electron chi connectivity index (χ1n) is 6.02. The van der Waals surface area contributed by atoms with Gasteiger partial charge in [0.15, 0.2) is 0 Å². The first kappa shape index (κ1) is 14.8. The molecule has 2 aromatic carbocycles. The Bertz CT molecular complexity index is 658. The van der Waals surface area contributed by atoms with Gasteiger partial charge in [0.25, 0.3) is 0 Å². The number of aryl methyl sites for hydroxylation is 1. The highest BCUT2D eigenvalue weighted by molar-refractivity contribution is 9.10. The molecule has 104 valence electrons. The van der Waals surface area contributed by atoms with Crippen LogP contribution in [0.25, 0.3) is 0 Å². The van der Waals surface area contributed by atoms with Gasteiger partial charge in [-0.3, -0.25) is 0 Å². The van der Waals surface area contributed by atoms with Gasteiger partial charge in [0.05, 0.1) is 12.8 Å². The Morgan fingerprint density at radius 1 is 1.30 bits per heavy atom. The quantitative estimate of drug-likeness (QED) is 0.813. The number of halogens is 1. The normalized spacial score (nSPS) is 10.2. The molecule has 20 heavy (non-hydrogen) atoms. The number of para-hydroxylation sites is 1. The maximum Gasteiger partial charge on any atom is 0.122 e. The number of nitrogens with one attached hydrogen (secondary N) is 1. The fourth-order valence-corrected chi connectivity index (χ4v) is 2.58. The molecule has 0 heterocycles. The first-order valence-corrected chi connectivity index (χ1v) is 7.22. The lowest BCUT2D eigenvalue weighted by Gasteiger charge is -2.15. The summed E-state index contributed by atoms with van der Waals surface area (Å²) in [5, 5.41) is 3.36. The summed E-state index contributed by atoms with van der Waals surface area (Å²) in [5.41, 5.74) is 9.51. The summed E-state index contributed by atoms with van der Waals surface area (Å²) in [6.07, 6.45) is 0. The molecular formula is C15H15BrN2OS. The highest BCUT2D eigenvalue weighted by Gasteiger charge is 2.09. The topological polar surface area (TPSA) is 47.3 Å². The SMILES string of the molecule is COc1cc(Br)cc(Nc2c(C)cccc2C(N)=S)c1. The molecule has 2 rings (SSSR count). The van der Waals surface area contributed by atoms with Gasteiger partial charge >= 0.3 is 0 Å². The van der Waals surface area contributed by atoms with Crippen LogP contribution in [0.4, 0.5) is 11.4 Å². The lowest BCUT2D eigenvalue weighted by Crippen LogP contribution is -2.12. The fourth-order valence-electron chi connectivity index (χ4n) is 1.94. The van der Waals surface area contributed by atoms with E-state index in [1.165, 1.54) is 0 Å². The van der Waals surface area contributed by atoms with Crippen molar-refractivity contribution in [2.75, 3.05) is 12.4 Å². The van der Waals surface area contributed by atoms with Crippen LogP contribution in [0, 0.1) is 6.92 Å². The number of methoxy groups -OCH3 is 1. The van der Waals surface area contributed by atoms with E-state index in [1.54, 1.807) is 7.11 Å². The molecule has 0 fully saturated rings. The highest BCUT2D eigenvalue weighted by atomic mass is 79.9. The molecule has 3 nitrogen and oxygen atoms in total. The van der Waals surface area contributed by atoms with Gasteiger partial charge in [0.1, 0.15) is 10.7 Å². The molecular weight excluding hydrogens is 336 g/mol. The zero-order valence-corrected chi connectivity index (χ0v) is 13.6. The largest absolute Gasteiger partial charge is 0.497 e. The second-order valence-electron chi connectivity index (χ2n) is 4.37. The highest BCUT2D eigenvalue weighted by Crippen LogP contribution is 2.30. The van der Waals surface area contributed by atoms with Crippen LogP contribution in [-0.2, 0) is 0 Å². The molecule has 3 N–H and O–H groups in total. The Hall–Kier alpha value is -1.59. The second-order valence-corrected chi connectivity index (χ2v) is 5.72. The maximum atomic E-state index is 5.78. The second kappa shape index (κ2) is 6.24. The Kier molecular flexibility index (Phi) is 4.62. The van der Waals surface area contributed by atoms with Gasteiger partial charge in [-0.1, -0.05) is 40.3 Å². The predicted octanol–water partition coefficient (Wildman–Crippen LogP) is 4.14. The third-order valence-electron chi connectivity index (χ3n) is 2.91. The minimum atomic E-state index is 0.373. The fraction of sp³-hybridized carbons (Fsp3) is 0.133. The number of ether oxygens (including phenoxy) is 1. The Balaban J connectivity index is 2.44. The number of thiocarbonyl (C=S) groups is 1. The Morgan fingerprint density at radius 2 is 2.05 bits per heavy atom. The van der Waals surface area contributed by atoms with Crippen LogP contribution in [0.3, 0.4) is 0 Å². The van der Waals surface area contributed by atoms with E-state index in [0.717, 1.165) is 32.7 Å². The van der Waals surface area contributed by atoms with E-state index >= 15 is 0 Å². The van der Waals surface area contributed by atoms with Crippen LogP contribution in [0.15, 0.2) is 40.9 Å². The molecule has 0 saturated carbocycles. The van der Waals surface area contributed by atoms with Gasteiger partial charge in [0, 0.05) is 21.8 Å². The van der Waals surface area contributed by atoms with Gasteiger partial charge < -0.3 is 15.8 Å². The monoisotopic (exact) mass is 350 g/mol. The third-order valence-corrected chi connectivity index (χ3v) is 3.59. The zero-order valence-electron chi connectivity index (χ0n) is 11.2. The average Bonchev–Trinajstić information content (AvgIpc) is 2.40. The number of rotatable bonds is 4. The van der Waals surface area contributed by atoms with Crippen molar-refractivity contribution in [2.45, 2.75) is 6.92 Å². The first-order chi connectivity index (χ1) is 9.51. The van der Waals surface area contributed by atoms with E-state index in [2.05, 4.69) is 21.2 Å². The van der Waals surface area contributed by atoms with Gasteiger partial charge in [-0.25, -0.2) is 0 Å². The van der Waals surface area contributed by atoms with Gasteiger partial charge in [0.2, 0.25) is 0 Å². The molecule has 5 heteroatoms. The summed E-state index contributed by atoms with van der Waals surface area (Å²) in [4.78, 5) is 0.373.